The van der Waals surface area contributed by atoms with Crippen LogP contribution in [-0.2, 0) is 0 Å². The first-order valence-electron chi connectivity index (χ1n) is 8.80. The normalized spacial score (nSPS) is 12.5. The summed E-state index contributed by atoms with van der Waals surface area (Å²) in [5.41, 5.74) is 1.45. The molecule has 113 valence electrons. The van der Waals surface area contributed by atoms with Crippen LogP contribution in [0.15, 0.2) is 24.3 Å². The summed E-state index contributed by atoms with van der Waals surface area (Å²) in [5.74, 6) is 0.696. The van der Waals surface area contributed by atoms with E-state index in [0.29, 0.717) is 5.92 Å². The van der Waals surface area contributed by atoms with E-state index in [1.54, 1.807) is 0 Å². The first-order valence-corrected chi connectivity index (χ1v) is 8.80. The van der Waals surface area contributed by atoms with Crippen LogP contribution >= 0.6 is 0 Å². The van der Waals surface area contributed by atoms with Gasteiger partial charge in [0, 0.05) is 0 Å². The minimum Gasteiger partial charge on any atom is -0.0654 e. The number of rotatable bonds is 12. The van der Waals surface area contributed by atoms with Crippen LogP contribution in [0.4, 0.5) is 0 Å². The van der Waals surface area contributed by atoms with Crippen molar-refractivity contribution in [3.63, 3.8) is 0 Å². The van der Waals surface area contributed by atoms with Crippen LogP contribution in [-0.4, -0.2) is 0 Å². The van der Waals surface area contributed by atoms with Crippen molar-refractivity contribution in [2.75, 3.05) is 0 Å². The highest BCUT2D eigenvalue weighted by Crippen LogP contribution is 2.21. The highest BCUT2D eigenvalue weighted by molar-refractivity contribution is 5.17. The smallest absolute Gasteiger partial charge is 0.0181 e. The van der Waals surface area contributed by atoms with Crippen molar-refractivity contribution < 1.29 is 0 Å². The molecule has 0 saturated heterocycles. The maximum atomic E-state index is 3.18. The molecule has 0 heteroatoms. The van der Waals surface area contributed by atoms with E-state index >= 15 is 0 Å². The van der Waals surface area contributed by atoms with Crippen LogP contribution in [0, 0.1) is 6.07 Å². The molecule has 1 radical (unpaired) electrons. The molecule has 1 atom stereocenters. The molecule has 0 heterocycles. The Balaban J connectivity index is 1.90. The fourth-order valence-electron chi connectivity index (χ4n) is 2.82. The van der Waals surface area contributed by atoms with Gasteiger partial charge in [0.2, 0.25) is 0 Å². The van der Waals surface area contributed by atoms with E-state index in [1.165, 1.54) is 76.2 Å². The van der Waals surface area contributed by atoms with E-state index in [-0.39, 0.29) is 0 Å². The molecule has 0 N–H and O–H groups in total. The molecule has 1 rings (SSSR count). The third-order valence-electron chi connectivity index (χ3n) is 4.29. The monoisotopic (exact) mass is 273 g/mol. The third kappa shape index (κ3) is 8.40. The van der Waals surface area contributed by atoms with Crippen molar-refractivity contribution in [2.45, 2.75) is 90.4 Å². The predicted molar refractivity (Wildman–Crippen MR) is 90.2 cm³/mol. The Morgan fingerprint density at radius 1 is 0.900 bits per heavy atom. The zero-order valence-electron chi connectivity index (χ0n) is 13.7. The second kappa shape index (κ2) is 12.0. The van der Waals surface area contributed by atoms with Gasteiger partial charge in [0.1, 0.15) is 0 Å². The van der Waals surface area contributed by atoms with Gasteiger partial charge >= 0.3 is 0 Å². The van der Waals surface area contributed by atoms with Crippen LogP contribution in [0.3, 0.4) is 0 Å². The second-order valence-corrected chi connectivity index (χ2v) is 6.21. The quantitative estimate of drug-likeness (QED) is 0.363. The standard InChI is InChI=1S/C20H33/c1-3-4-5-6-7-8-9-10-11-13-16-19(2)20-17-14-12-15-18-20/h12,14,17-19H,3-11,13,16H2,1-2H3. The summed E-state index contributed by atoms with van der Waals surface area (Å²) in [7, 11) is 0. The first-order chi connectivity index (χ1) is 9.84. The molecule has 0 aliphatic rings. The van der Waals surface area contributed by atoms with E-state index in [9.17, 15) is 0 Å². The molecular formula is C20H33. The molecule has 0 fully saturated rings. The van der Waals surface area contributed by atoms with Gasteiger partial charge in [0.05, 0.1) is 0 Å². The molecule has 1 aromatic rings. The largest absolute Gasteiger partial charge is 0.0654 e. The average molecular weight is 273 g/mol. The van der Waals surface area contributed by atoms with Crippen molar-refractivity contribution in [3.8, 4) is 0 Å². The molecule has 0 aromatic heterocycles. The molecule has 1 aromatic carbocycles. The summed E-state index contributed by atoms with van der Waals surface area (Å²) in [6.45, 7) is 4.63. The van der Waals surface area contributed by atoms with E-state index < -0.39 is 0 Å². The number of hydrogen-bond acceptors (Lipinski definition) is 0. The van der Waals surface area contributed by atoms with Crippen molar-refractivity contribution in [2.24, 2.45) is 0 Å². The van der Waals surface area contributed by atoms with Gasteiger partial charge in [-0.2, -0.15) is 0 Å². The van der Waals surface area contributed by atoms with E-state index in [4.69, 9.17) is 0 Å². The summed E-state index contributed by atoms with van der Waals surface area (Å²) < 4.78 is 0. The van der Waals surface area contributed by atoms with E-state index in [0.717, 1.165) is 0 Å². The van der Waals surface area contributed by atoms with Gasteiger partial charge in [0.15, 0.2) is 0 Å². The van der Waals surface area contributed by atoms with Gasteiger partial charge in [0.25, 0.3) is 0 Å². The Bertz CT molecular complexity index is 301. The molecule has 0 spiro atoms. The lowest BCUT2D eigenvalue weighted by atomic mass is 9.95. The van der Waals surface area contributed by atoms with Gasteiger partial charge in [-0.05, 0) is 24.0 Å². The Labute approximate surface area is 127 Å². The molecule has 0 aliphatic heterocycles. The van der Waals surface area contributed by atoms with Crippen LogP contribution in [0.2, 0.25) is 0 Å². The number of benzene rings is 1. The molecule has 0 saturated carbocycles. The molecule has 0 aliphatic carbocycles. The number of unbranched alkanes of at least 4 members (excludes halogenated alkanes) is 9. The van der Waals surface area contributed by atoms with Gasteiger partial charge in [-0.15, -0.1) is 0 Å². The maximum absolute atomic E-state index is 3.18. The third-order valence-corrected chi connectivity index (χ3v) is 4.29. The average Bonchev–Trinajstić information content (AvgIpc) is 2.50. The highest BCUT2D eigenvalue weighted by atomic mass is 14.1. The predicted octanol–water partition coefficient (Wildman–Crippen LogP) is 6.90. The zero-order valence-corrected chi connectivity index (χ0v) is 13.7. The molecule has 20 heavy (non-hydrogen) atoms. The van der Waals surface area contributed by atoms with Crippen molar-refractivity contribution in [1.82, 2.24) is 0 Å². The maximum Gasteiger partial charge on any atom is -0.0181 e. The summed E-state index contributed by atoms with van der Waals surface area (Å²) >= 11 is 0. The molecular weight excluding hydrogens is 240 g/mol. The molecule has 0 bridgehead atoms. The van der Waals surface area contributed by atoms with E-state index in [2.05, 4.69) is 38.1 Å². The second-order valence-electron chi connectivity index (χ2n) is 6.21. The lowest BCUT2D eigenvalue weighted by molar-refractivity contribution is 0.535. The minimum atomic E-state index is 0.696. The number of hydrogen-bond donors (Lipinski definition) is 0. The minimum absolute atomic E-state index is 0.696. The van der Waals surface area contributed by atoms with Gasteiger partial charge < -0.3 is 0 Å². The summed E-state index contributed by atoms with van der Waals surface area (Å²) in [5, 5.41) is 0. The van der Waals surface area contributed by atoms with Gasteiger partial charge in [-0.3, -0.25) is 0 Å². The Hall–Kier alpha value is -0.780. The topological polar surface area (TPSA) is 0 Å². The fraction of sp³-hybridized carbons (Fsp3) is 0.700. The van der Waals surface area contributed by atoms with Gasteiger partial charge in [-0.1, -0.05) is 102 Å². The van der Waals surface area contributed by atoms with Crippen molar-refractivity contribution >= 4 is 0 Å². The SMILES string of the molecule is CCCCCCCCCCCCC(C)c1c[c]ccc1. The highest BCUT2D eigenvalue weighted by Gasteiger charge is 2.03. The fourth-order valence-corrected chi connectivity index (χ4v) is 2.82. The van der Waals surface area contributed by atoms with Crippen molar-refractivity contribution in [3.05, 3.63) is 35.9 Å². The lowest BCUT2D eigenvalue weighted by Gasteiger charge is -2.11. The van der Waals surface area contributed by atoms with Crippen LogP contribution in [0.1, 0.15) is 96.0 Å². The van der Waals surface area contributed by atoms with Crippen molar-refractivity contribution in [1.29, 1.82) is 0 Å². The summed E-state index contributed by atoms with van der Waals surface area (Å²) in [6, 6.07) is 11.6. The van der Waals surface area contributed by atoms with Crippen LogP contribution in [0.25, 0.3) is 0 Å². The Morgan fingerprint density at radius 3 is 2.05 bits per heavy atom. The molecule has 0 nitrogen and oxygen atoms in total. The van der Waals surface area contributed by atoms with Crippen LogP contribution < -0.4 is 0 Å². The lowest BCUT2D eigenvalue weighted by Crippen LogP contribution is -1.93. The first kappa shape index (κ1) is 17.3. The Kier molecular flexibility index (Phi) is 10.4. The molecule has 0 amide bonds. The van der Waals surface area contributed by atoms with Gasteiger partial charge in [-0.25, -0.2) is 0 Å². The Morgan fingerprint density at radius 2 is 1.50 bits per heavy atom. The molecule has 1 unspecified atom stereocenters. The summed E-state index contributed by atoms with van der Waals surface area (Å²) in [6.07, 6.45) is 15.6. The zero-order chi connectivity index (χ0) is 14.5. The van der Waals surface area contributed by atoms with Crippen LogP contribution in [0.5, 0.6) is 0 Å². The van der Waals surface area contributed by atoms with E-state index in [1.807, 2.05) is 6.07 Å². The summed E-state index contributed by atoms with van der Waals surface area (Å²) in [4.78, 5) is 0.